The van der Waals surface area contributed by atoms with Crippen molar-refractivity contribution >= 4 is 48.9 Å². The van der Waals surface area contributed by atoms with Crippen molar-refractivity contribution in [3.63, 3.8) is 0 Å². The molecule has 0 bridgehead atoms. The topological polar surface area (TPSA) is 108 Å². The smallest absolute Gasteiger partial charge is 0.324 e. The molecule has 0 saturated carbocycles. The van der Waals surface area contributed by atoms with Gasteiger partial charge in [0.1, 0.15) is 13.2 Å². The lowest BCUT2D eigenvalue weighted by Gasteiger charge is -2.19. The molecule has 31 heavy (non-hydrogen) atoms. The Morgan fingerprint density at radius 1 is 1.16 bits per heavy atom. The quantitative estimate of drug-likeness (QED) is 0.327. The van der Waals surface area contributed by atoms with E-state index in [1.165, 1.54) is 28.4 Å². The number of benzene rings is 1. The molecule has 0 saturated heterocycles. The third-order valence-electron chi connectivity index (χ3n) is 4.56. The summed E-state index contributed by atoms with van der Waals surface area (Å²) in [6.45, 7) is 1.18. The number of carbonyl (C=O) groups is 1. The standard InChI is InChI=1S/C20H14N4O5S2/c25-19(16-3-4-18(30-16)24(26)27)23(11-12-2-1-5-21-10-12)20-22-13-8-14-15(9-17(13)31-20)29-7-6-28-14/h1-5,8-10H,6-7,11H2. The summed E-state index contributed by atoms with van der Waals surface area (Å²) in [5, 5.41) is 11.4. The van der Waals surface area contributed by atoms with Crippen molar-refractivity contribution < 1.29 is 19.2 Å². The molecule has 9 nitrogen and oxygen atoms in total. The first kappa shape index (κ1) is 19.4. The van der Waals surface area contributed by atoms with E-state index in [-0.39, 0.29) is 22.3 Å². The van der Waals surface area contributed by atoms with Crippen LogP contribution in [0.25, 0.3) is 10.2 Å². The van der Waals surface area contributed by atoms with Gasteiger partial charge < -0.3 is 9.47 Å². The van der Waals surface area contributed by atoms with E-state index in [1.807, 2.05) is 12.1 Å². The fourth-order valence-corrected chi connectivity index (χ4v) is 4.89. The summed E-state index contributed by atoms with van der Waals surface area (Å²) in [7, 11) is 0. The molecule has 0 radical (unpaired) electrons. The lowest BCUT2D eigenvalue weighted by molar-refractivity contribution is -0.380. The first-order chi connectivity index (χ1) is 15.1. The lowest BCUT2D eigenvalue weighted by atomic mass is 10.2. The Morgan fingerprint density at radius 2 is 1.97 bits per heavy atom. The Hall–Kier alpha value is -3.57. The van der Waals surface area contributed by atoms with Gasteiger partial charge in [-0.15, -0.1) is 0 Å². The zero-order valence-corrected chi connectivity index (χ0v) is 17.5. The Balaban J connectivity index is 1.56. The zero-order valence-electron chi connectivity index (χ0n) is 15.9. The highest BCUT2D eigenvalue weighted by Crippen LogP contribution is 2.39. The van der Waals surface area contributed by atoms with Gasteiger partial charge in [-0.25, -0.2) is 4.98 Å². The molecule has 4 heterocycles. The van der Waals surface area contributed by atoms with Crippen molar-refractivity contribution in [1.29, 1.82) is 0 Å². The largest absolute Gasteiger partial charge is 0.486 e. The van der Waals surface area contributed by atoms with Crippen molar-refractivity contribution in [2.45, 2.75) is 6.54 Å². The lowest BCUT2D eigenvalue weighted by Crippen LogP contribution is -2.29. The van der Waals surface area contributed by atoms with Gasteiger partial charge in [0.15, 0.2) is 16.6 Å². The van der Waals surface area contributed by atoms with Crippen molar-refractivity contribution in [1.82, 2.24) is 9.97 Å². The number of hydrogen-bond donors (Lipinski definition) is 0. The van der Waals surface area contributed by atoms with Crippen LogP contribution in [0.15, 0.2) is 48.8 Å². The van der Waals surface area contributed by atoms with Crippen LogP contribution < -0.4 is 14.4 Å². The molecule has 0 fully saturated rings. The number of fused-ring (bicyclic) bond motifs is 2. The van der Waals surface area contributed by atoms with Gasteiger partial charge in [-0.2, -0.15) is 0 Å². The molecule has 0 spiro atoms. The summed E-state index contributed by atoms with van der Waals surface area (Å²) < 4.78 is 12.1. The van der Waals surface area contributed by atoms with E-state index >= 15 is 0 Å². The van der Waals surface area contributed by atoms with Gasteiger partial charge in [-0.1, -0.05) is 28.7 Å². The number of thiazole rings is 1. The van der Waals surface area contributed by atoms with E-state index < -0.39 is 4.92 Å². The van der Waals surface area contributed by atoms with Gasteiger partial charge in [0, 0.05) is 30.6 Å². The number of hydrogen-bond acceptors (Lipinski definition) is 9. The second kappa shape index (κ2) is 7.93. The molecule has 11 heteroatoms. The molecule has 3 aromatic heterocycles. The molecule has 1 aromatic carbocycles. The van der Waals surface area contributed by atoms with Crippen LogP contribution in [0.4, 0.5) is 10.1 Å². The fraction of sp³-hybridized carbons (Fsp3) is 0.150. The summed E-state index contributed by atoms with van der Waals surface area (Å²) in [6, 6.07) is 10.1. The molecule has 0 aliphatic carbocycles. The fourth-order valence-electron chi connectivity index (χ4n) is 3.14. The molecule has 1 aliphatic heterocycles. The van der Waals surface area contributed by atoms with Crippen molar-refractivity contribution in [2.75, 3.05) is 18.1 Å². The van der Waals surface area contributed by atoms with E-state index in [2.05, 4.69) is 9.97 Å². The molecular weight excluding hydrogens is 440 g/mol. The normalized spacial score (nSPS) is 12.6. The number of anilines is 1. The van der Waals surface area contributed by atoms with Gasteiger partial charge in [0.25, 0.3) is 5.91 Å². The highest BCUT2D eigenvalue weighted by Gasteiger charge is 2.26. The predicted octanol–water partition coefficient (Wildman–Crippen LogP) is 4.28. The minimum atomic E-state index is -0.505. The van der Waals surface area contributed by atoms with Crippen LogP contribution in [0.3, 0.4) is 0 Å². The third kappa shape index (κ3) is 3.80. The summed E-state index contributed by atoms with van der Waals surface area (Å²) in [5.74, 6) is 0.904. The maximum atomic E-state index is 13.3. The Kier molecular flexibility index (Phi) is 4.96. The van der Waals surface area contributed by atoms with E-state index in [0.29, 0.717) is 35.4 Å². The molecular formula is C20H14N4O5S2. The van der Waals surface area contributed by atoms with Crippen LogP contribution in [-0.4, -0.2) is 34.0 Å². The molecule has 156 valence electrons. The van der Waals surface area contributed by atoms with E-state index in [4.69, 9.17) is 9.47 Å². The number of nitrogens with zero attached hydrogens (tertiary/aromatic N) is 4. The number of rotatable bonds is 5. The van der Waals surface area contributed by atoms with Gasteiger partial charge in [0.2, 0.25) is 0 Å². The Bertz CT molecular complexity index is 1240. The van der Waals surface area contributed by atoms with Crippen LogP contribution in [0, 0.1) is 10.1 Å². The number of amides is 1. The first-order valence-corrected chi connectivity index (χ1v) is 10.9. The van der Waals surface area contributed by atoms with Crippen LogP contribution in [0.5, 0.6) is 11.5 Å². The van der Waals surface area contributed by atoms with Crippen LogP contribution in [0.1, 0.15) is 15.2 Å². The highest BCUT2D eigenvalue weighted by molar-refractivity contribution is 7.22. The third-order valence-corrected chi connectivity index (χ3v) is 6.63. The van der Waals surface area contributed by atoms with E-state index in [0.717, 1.165) is 21.6 Å². The van der Waals surface area contributed by atoms with Gasteiger partial charge >= 0.3 is 5.00 Å². The van der Waals surface area contributed by atoms with Gasteiger partial charge in [0.05, 0.1) is 26.6 Å². The van der Waals surface area contributed by atoms with E-state index in [9.17, 15) is 14.9 Å². The summed E-state index contributed by atoms with van der Waals surface area (Å²) in [4.78, 5) is 34.4. The molecule has 1 amide bonds. The number of carbonyl (C=O) groups excluding carboxylic acids is 1. The summed E-state index contributed by atoms with van der Waals surface area (Å²) in [5.41, 5.74) is 1.50. The van der Waals surface area contributed by atoms with Crippen LogP contribution in [-0.2, 0) is 6.54 Å². The molecule has 4 aromatic rings. The molecule has 0 N–H and O–H groups in total. The van der Waals surface area contributed by atoms with Crippen LogP contribution in [0.2, 0.25) is 0 Å². The molecule has 1 aliphatic rings. The molecule has 5 rings (SSSR count). The maximum absolute atomic E-state index is 13.3. The number of nitro groups is 1. The zero-order chi connectivity index (χ0) is 21.4. The summed E-state index contributed by atoms with van der Waals surface area (Å²) >= 11 is 2.18. The molecule has 0 unspecified atom stereocenters. The first-order valence-electron chi connectivity index (χ1n) is 9.23. The number of pyridine rings is 1. The second-order valence-electron chi connectivity index (χ2n) is 6.61. The predicted molar refractivity (Wildman–Crippen MR) is 116 cm³/mol. The highest BCUT2D eigenvalue weighted by atomic mass is 32.1. The number of thiophene rings is 1. The van der Waals surface area contributed by atoms with Crippen molar-refractivity contribution in [3.05, 3.63) is 69.3 Å². The SMILES string of the molecule is O=C(c1ccc([N+](=O)[O-])s1)N(Cc1cccnc1)c1nc2cc3c(cc2s1)OCCO3. The van der Waals surface area contributed by atoms with Crippen molar-refractivity contribution in [2.24, 2.45) is 0 Å². The minimum absolute atomic E-state index is 0.0871. The minimum Gasteiger partial charge on any atom is -0.486 e. The summed E-state index contributed by atoms with van der Waals surface area (Å²) in [6.07, 6.45) is 3.32. The second-order valence-corrected chi connectivity index (χ2v) is 8.68. The van der Waals surface area contributed by atoms with Gasteiger partial charge in [-0.05, 0) is 17.7 Å². The number of aromatic nitrogens is 2. The average molecular weight is 454 g/mol. The number of ether oxygens (including phenoxy) is 2. The Morgan fingerprint density at radius 3 is 2.68 bits per heavy atom. The van der Waals surface area contributed by atoms with Crippen molar-refractivity contribution in [3.8, 4) is 11.5 Å². The monoisotopic (exact) mass is 454 g/mol. The maximum Gasteiger partial charge on any atom is 0.324 e. The average Bonchev–Trinajstić information content (AvgIpc) is 3.43. The molecule has 0 atom stereocenters. The van der Waals surface area contributed by atoms with E-state index in [1.54, 1.807) is 24.5 Å². The van der Waals surface area contributed by atoms with Crippen LogP contribution >= 0.6 is 22.7 Å². The Labute approximate surface area is 183 Å². The van der Waals surface area contributed by atoms with Gasteiger partial charge in [-0.3, -0.25) is 24.8 Å².